The summed E-state index contributed by atoms with van der Waals surface area (Å²) >= 11 is 0. The summed E-state index contributed by atoms with van der Waals surface area (Å²) in [7, 11) is 0.782. The van der Waals surface area contributed by atoms with E-state index >= 15 is 0 Å². The Morgan fingerprint density at radius 1 is 1.20 bits per heavy atom. The number of nitrogen functional groups attached to an aromatic ring is 1. The van der Waals surface area contributed by atoms with E-state index < -0.39 is 9.84 Å². The van der Waals surface area contributed by atoms with E-state index in [2.05, 4.69) is 9.80 Å². The quantitative estimate of drug-likeness (QED) is 0.772. The molecule has 0 spiro atoms. The van der Waals surface area contributed by atoms with Crippen molar-refractivity contribution >= 4 is 21.2 Å². The average Bonchev–Trinajstić information content (AvgIpc) is 2.34. The number of nitrogens with zero attached hydrogens (tertiary/aromatic N) is 2. The van der Waals surface area contributed by atoms with Crippen LogP contribution in [0.2, 0.25) is 0 Å². The van der Waals surface area contributed by atoms with Crippen molar-refractivity contribution in [2.75, 3.05) is 50.6 Å². The Hall–Kier alpha value is -1.27. The third-order valence-electron chi connectivity index (χ3n) is 3.20. The number of nitrogens with two attached hydrogens (primary N) is 1. The van der Waals surface area contributed by atoms with Crippen LogP contribution in [0.25, 0.3) is 0 Å². The Morgan fingerprint density at radius 3 is 2.35 bits per heavy atom. The van der Waals surface area contributed by atoms with Crippen LogP contribution in [-0.4, -0.2) is 53.3 Å². The molecule has 1 aromatic rings. The number of sulfone groups is 1. The molecule has 0 aliphatic carbocycles. The van der Waals surface area contributed by atoms with Gasteiger partial charge < -0.3 is 15.5 Å². The zero-order chi connectivity index (χ0) is 15.3. The second-order valence-electron chi connectivity index (χ2n) is 5.20. The zero-order valence-corrected chi connectivity index (χ0v) is 13.6. The minimum absolute atomic E-state index is 0.209. The van der Waals surface area contributed by atoms with Gasteiger partial charge >= 0.3 is 0 Å². The van der Waals surface area contributed by atoms with E-state index in [1.54, 1.807) is 12.1 Å². The molecule has 0 unspecified atom stereocenters. The lowest BCUT2D eigenvalue weighted by Crippen LogP contribution is -2.28. The highest BCUT2D eigenvalue weighted by Gasteiger charge is 2.16. The highest BCUT2D eigenvalue weighted by atomic mass is 32.2. The Balaban J connectivity index is 2.99. The van der Waals surface area contributed by atoms with Crippen LogP contribution in [0, 0.1) is 0 Å². The summed E-state index contributed by atoms with van der Waals surface area (Å²) in [6.45, 7) is 4.68. The minimum Gasteiger partial charge on any atom is -0.396 e. The van der Waals surface area contributed by atoms with Crippen LogP contribution in [0.4, 0.5) is 11.4 Å². The lowest BCUT2D eigenvalue weighted by atomic mass is 10.2. The van der Waals surface area contributed by atoms with Crippen molar-refractivity contribution in [2.45, 2.75) is 18.2 Å². The summed E-state index contributed by atoms with van der Waals surface area (Å²) < 4.78 is 23.4. The van der Waals surface area contributed by atoms with Gasteiger partial charge in [0.05, 0.1) is 16.3 Å². The third kappa shape index (κ3) is 4.38. The lowest BCUT2D eigenvalue weighted by Gasteiger charge is -2.26. The van der Waals surface area contributed by atoms with Crippen LogP contribution in [0.15, 0.2) is 23.1 Å². The first kappa shape index (κ1) is 16.8. The maximum Gasteiger partial charge on any atom is 0.177 e. The molecule has 0 bridgehead atoms. The predicted octanol–water partition coefficient (Wildman–Crippen LogP) is 1.45. The Labute approximate surface area is 122 Å². The highest BCUT2D eigenvalue weighted by molar-refractivity contribution is 7.90. The van der Waals surface area contributed by atoms with Crippen LogP contribution >= 0.6 is 0 Å². The van der Waals surface area contributed by atoms with Gasteiger partial charge in [-0.2, -0.15) is 0 Å². The molecule has 1 aromatic carbocycles. The number of para-hydroxylation sites is 1. The van der Waals surface area contributed by atoms with Crippen LogP contribution in [0.5, 0.6) is 0 Å². The number of hydrogen-bond donors (Lipinski definition) is 1. The summed E-state index contributed by atoms with van der Waals surface area (Å²) in [4.78, 5) is 4.46. The number of anilines is 2. The van der Waals surface area contributed by atoms with Crippen molar-refractivity contribution in [3.05, 3.63) is 18.2 Å². The first-order chi connectivity index (χ1) is 9.27. The maximum absolute atomic E-state index is 11.7. The van der Waals surface area contributed by atoms with Crippen molar-refractivity contribution in [3.63, 3.8) is 0 Å². The molecule has 0 heterocycles. The normalized spacial score (nSPS) is 11.8. The van der Waals surface area contributed by atoms with E-state index in [1.807, 2.05) is 27.1 Å². The van der Waals surface area contributed by atoms with Crippen molar-refractivity contribution in [3.8, 4) is 0 Å². The molecule has 0 radical (unpaired) electrons. The van der Waals surface area contributed by atoms with Gasteiger partial charge in [-0.25, -0.2) is 8.42 Å². The molecule has 0 amide bonds. The van der Waals surface area contributed by atoms with Crippen LogP contribution in [0.1, 0.15) is 13.3 Å². The standard InChI is InChI=1S/C14H25N3O2S/c1-5-17(11-7-10-16(2)3)12-8-6-9-13(14(12)15)20(4,18)19/h6,8-9H,5,7,10-11,15H2,1-4H3. The van der Waals surface area contributed by atoms with Gasteiger partial charge in [0.15, 0.2) is 9.84 Å². The van der Waals surface area contributed by atoms with Crippen LogP contribution in [0.3, 0.4) is 0 Å². The SMILES string of the molecule is CCN(CCCN(C)C)c1cccc(S(C)(=O)=O)c1N. The number of benzene rings is 1. The van der Waals surface area contributed by atoms with Crippen LogP contribution in [-0.2, 0) is 9.84 Å². The molecular weight excluding hydrogens is 274 g/mol. The van der Waals surface area contributed by atoms with E-state index in [0.29, 0.717) is 5.69 Å². The summed E-state index contributed by atoms with van der Waals surface area (Å²) in [6.07, 6.45) is 2.19. The second kappa shape index (κ2) is 6.95. The molecule has 114 valence electrons. The summed E-state index contributed by atoms with van der Waals surface area (Å²) in [6, 6.07) is 5.18. The van der Waals surface area contributed by atoms with Crippen molar-refractivity contribution in [1.82, 2.24) is 4.90 Å². The fourth-order valence-electron chi connectivity index (χ4n) is 2.16. The monoisotopic (exact) mass is 299 g/mol. The Kier molecular flexibility index (Phi) is 5.83. The largest absolute Gasteiger partial charge is 0.396 e. The second-order valence-corrected chi connectivity index (χ2v) is 7.18. The zero-order valence-electron chi connectivity index (χ0n) is 12.8. The van der Waals surface area contributed by atoms with Crippen LogP contribution < -0.4 is 10.6 Å². The topological polar surface area (TPSA) is 66.6 Å². The first-order valence-corrected chi connectivity index (χ1v) is 8.64. The third-order valence-corrected chi connectivity index (χ3v) is 4.35. The van der Waals surface area contributed by atoms with E-state index in [1.165, 1.54) is 6.26 Å². The molecule has 0 aromatic heterocycles. The molecule has 0 saturated heterocycles. The van der Waals surface area contributed by atoms with Crippen molar-refractivity contribution in [1.29, 1.82) is 0 Å². The van der Waals surface area contributed by atoms with Gasteiger partial charge in [-0.05, 0) is 46.1 Å². The molecule has 0 aliphatic heterocycles. The summed E-state index contributed by atoms with van der Waals surface area (Å²) in [5.41, 5.74) is 7.20. The summed E-state index contributed by atoms with van der Waals surface area (Å²) in [5, 5.41) is 0. The fraction of sp³-hybridized carbons (Fsp3) is 0.571. The van der Waals surface area contributed by atoms with Gasteiger partial charge in [0, 0.05) is 19.3 Å². The molecule has 0 saturated carbocycles. The van der Waals surface area contributed by atoms with Gasteiger partial charge in [0.2, 0.25) is 0 Å². The smallest absolute Gasteiger partial charge is 0.177 e. The van der Waals surface area contributed by atoms with Gasteiger partial charge in [-0.15, -0.1) is 0 Å². The molecular formula is C14H25N3O2S. The molecule has 6 heteroatoms. The maximum atomic E-state index is 11.7. The van der Waals surface area contributed by atoms with Crippen molar-refractivity contribution < 1.29 is 8.42 Å². The van der Waals surface area contributed by atoms with E-state index in [-0.39, 0.29) is 4.90 Å². The number of rotatable bonds is 7. The van der Waals surface area contributed by atoms with E-state index in [0.717, 1.165) is 31.7 Å². The van der Waals surface area contributed by atoms with Gasteiger partial charge in [-0.3, -0.25) is 0 Å². The molecule has 5 nitrogen and oxygen atoms in total. The summed E-state index contributed by atoms with van der Waals surface area (Å²) in [5.74, 6) is 0. The molecule has 20 heavy (non-hydrogen) atoms. The lowest BCUT2D eigenvalue weighted by molar-refractivity contribution is 0.400. The Morgan fingerprint density at radius 2 is 1.85 bits per heavy atom. The number of hydrogen-bond acceptors (Lipinski definition) is 5. The molecule has 0 fully saturated rings. The predicted molar refractivity (Wildman–Crippen MR) is 85.0 cm³/mol. The Bertz CT molecular complexity index is 541. The van der Waals surface area contributed by atoms with E-state index in [9.17, 15) is 8.42 Å². The molecule has 1 rings (SSSR count). The van der Waals surface area contributed by atoms with Gasteiger partial charge in [-0.1, -0.05) is 6.07 Å². The molecule has 0 aliphatic rings. The molecule has 0 atom stereocenters. The average molecular weight is 299 g/mol. The van der Waals surface area contributed by atoms with Crippen molar-refractivity contribution in [2.24, 2.45) is 0 Å². The van der Waals surface area contributed by atoms with E-state index in [4.69, 9.17) is 5.73 Å². The molecule has 2 N–H and O–H groups in total. The highest BCUT2D eigenvalue weighted by Crippen LogP contribution is 2.29. The minimum atomic E-state index is -3.29. The fourth-order valence-corrected chi connectivity index (χ4v) is 2.99. The first-order valence-electron chi connectivity index (χ1n) is 6.75. The van der Waals surface area contributed by atoms with Gasteiger partial charge in [0.25, 0.3) is 0 Å². The van der Waals surface area contributed by atoms with Gasteiger partial charge in [0.1, 0.15) is 0 Å².